The van der Waals surface area contributed by atoms with E-state index >= 15 is 0 Å². The van der Waals surface area contributed by atoms with E-state index in [4.69, 9.17) is 5.11 Å². The predicted octanol–water partition coefficient (Wildman–Crippen LogP) is 2.20. The summed E-state index contributed by atoms with van der Waals surface area (Å²) in [5.74, 6) is -0.700. The van der Waals surface area contributed by atoms with Crippen LogP contribution >= 0.6 is 0 Å². The van der Waals surface area contributed by atoms with Crippen molar-refractivity contribution in [3.05, 3.63) is 35.9 Å². The van der Waals surface area contributed by atoms with E-state index in [0.29, 0.717) is 12.1 Å². The standard InChI is InChI=1S/C17H24N2O2/c20-17(21)13-19(15-8-9-15)12-16-7-4-10-18(16)11-14-5-2-1-3-6-14/h1-3,5-6,15-16H,4,7-13H2,(H,20,21)/t16-/m1/s1. The van der Waals surface area contributed by atoms with Crippen LogP contribution in [0.15, 0.2) is 30.3 Å². The summed E-state index contributed by atoms with van der Waals surface area (Å²) in [6.07, 6.45) is 4.75. The van der Waals surface area contributed by atoms with Crippen molar-refractivity contribution in [1.82, 2.24) is 9.80 Å². The van der Waals surface area contributed by atoms with Gasteiger partial charge in [0.25, 0.3) is 0 Å². The number of hydrogen-bond acceptors (Lipinski definition) is 3. The number of carbonyl (C=O) groups is 1. The maximum absolute atomic E-state index is 11.0. The van der Waals surface area contributed by atoms with Gasteiger partial charge in [-0.2, -0.15) is 0 Å². The van der Waals surface area contributed by atoms with E-state index in [0.717, 1.165) is 19.6 Å². The van der Waals surface area contributed by atoms with Gasteiger partial charge in [0.05, 0.1) is 6.54 Å². The third-order valence-electron chi connectivity index (χ3n) is 4.57. The molecule has 1 saturated carbocycles. The molecule has 0 radical (unpaired) electrons. The average molecular weight is 288 g/mol. The van der Waals surface area contributed by atoms with Crippen molar-refractivity contribution in [2.24, 2.45) is 0 Å². The van der Waals surface area contributed by atoms with E-state index in [1.165, 1.54) is 31.2 Å². The Labute approximate surface area is 126 Å². The SMILES string of the molecule is O=C(O)CN(C[C@H]1CCCN1Cc1ccccc1)C1CC1. The van der Waals surface area contributed by atoms with Crippen molar-refractivity contribution < 1.29 is 9.90 Å². The van der Waals surface area contributed by atoms with Crippen LogP contribution in [0.4, 0.5) is 0 Å². The van der Waals surface area contributed by atoms with Gasteiger partial charge < -0.3 is 5.11 Å². The van der Waals surface area contributed by atoms with E-state index in [1.54, 1.807) is 0 Å². The summed E-state index contributed by atoms with van der Waals surface area (Å²) in [7, 11) is 0. The summed E-state index contributed by atoms with van der Waals surface area (Å²) in [6, 6.07) is 11.6. The lowest BCUT2D eigenvalue weighted by Crippen LogP contribution is -2.43. The highest BCUT2D eigenvalue weighted by molar-refractivity contribution is 5.69. The van der Waals surface area contributed by atoms with Gasteiger partial charge in [-0.25, -0.2) is 0 Å². The van der Waals surface area contributed by atoms with Crippen LogP contribution in [-0.4, -0.2) is 52.6 Å². The van der Waals surface area contributed by atoms with E-state index in [-0.39, 0.29) is 6.54 Å². The lowest BCUT2D eigenvalue weighted by Gasteiger charge is -2.30. The Morgan fingerprint density at radius 1 is 1.24 bits per heavy atom. The maximum atomic E-state index is 11.0. The molecule has 21 heavy (non-hydrogen) atoms. The Morgan fingerprint density at radius 3 is 2.67 bits per heavy atom. The van der Waals surface area contributed by atoms with E-state index < -0.39 is 5.97 Å². The van der Waals surface area contributed by atoms with Gasteiger partial charge in [0.1, 0.15) is 0 Å². The van der Waals surface area contributed by atoms with Crippen molar-refractivity contribution in [2.45, 2.75) is 44.3 Å². The highest BCUT2D eigenvalue weighted by Gasteiger charge is 2.34. The molecule has 1 saturated heterocycles. The zero-order valence-electron chi connectivity index (χ0n) is 12.4. The van der Waals surface area contributed by atoms with Crippen LogP contribution in [0, 0.1) is 0 Å². The molecule has 1 heterocycles. The van der Waals surface area contributed by atoms with Crippen LogP contribution in [0.3, 0.4) is 0 Å². The Morgan fingerprint density at radius 2 is 2.00 bits per heavy atom. The predicted molar refractivity (Wildman–Crippen MR) is 82.1 cm³/mol. The molecule has 1 N–H and O–H groups in total. The monoisotopic (exact) mass is 288 g/mol. The average Bonchev–Trinajstić information content (AvgIpc) is 3.23. The quantitative estimate of drug-likeness (QED) is 0.835. The summed E-state index contributed by atoms with van der Waals surface area (Å²) in [4.78, 5) is 15.7. The van der Waals surface area contributed by atoms with E-state index in [9.17, 15) is 4.79 Å². The number of hydrogen-bond donors (Lipinski definition) is 1. The number of benzene rings is 1. The number of likely N-dealkylation sites (tertiary alicyclic amines) is 1. The molecule has 2 aliphatic rings. The van der Waals surface area contributed by atoms with Gasteiger partial charge in [0.2, 0.25) is 0 Å². The molecule has 114 valence electrons. The number of rotatable bonds is 7. The number of carboxylic acid groups (broad SMARTS) is 1. The van der Waals surface area contributed by atoms with E-state index in [1.807, 2.05) is 6.07 Å². The zero-order chi connectivity index (χ0) is 14.7. The third-order valence-corrected chi connectivity index (χ3v) is 4.57. The molecule has 0 aromatic heterocycles. The first-order valence-corrected chi connectivity index (χ1v) is 7.96. The van der Waals surface area contributed by atoms with Gasteiger partial charge >= 0.3 is 5.97 Å². The molecule has 1 atom stereocenters. The van der Waals surface area contributed by atoms with E-state index in [2.05, 4.69) is 34.1 Å². The van der Waals surface area contributed by atoms with Crippen molar-refractivity contribution in [1.29, 1.82) is 0 Å². The Balaban J connectivity index is 1.59. The summed E-state index contributed by atoms with van der Waals surface area (Å²) in [5.41, 5.74) is 1.35. The third kappa shape index (κ3) is 4.05. The molecule has 1 aliphatic carbocycles. The van der Waals surface area contributed by atoms with Crippen molar-refractivity contribution in [3.8, 4) is 0 Å². The fourth-order valence-electron chi connectivity index (χ4n) is 3.35. The Bertz CT molecular complexity index is 473. The first-order chi connectivity index (χ1) is 10.2. The summed E-state index contributed by atoms with van der Waals surface area (Å²) >= 11 is 0. The molecule has 1 aliphatic heterocycles. The second-order valence-electron chi connectivity index (χ2n) is 6.31. The number of aliphatic carboxylic acids is 1. The molecule has 3 rings (SSSR count). The highest BCUT2D eigenvalue weighted by Crippen LogP contribution is 2.29. The summed E-state index contributed by atoms with van der Waals surface area (Å²) in [5, 5.41) is 9.08. The van der Waals surface area contributed by atoms with Gasteiger partial charge in [-0.1, -0.05) is 30.3 Å². The van der Waals surface area contributed by atoms with Crippen molar-refractivity contribution in [2.75, 3.05) is 19.6 Å². The molecule has 0 unspecified atom stereocenters. The lowest BCUT2D eigenvalue weighted by atomic mass is 10.1. The molecule has 0 amide bonds. The van der Waals surface area contributed by atoms with Crippen LogP contribution < -0.4 is 0 Å². The molecule has 4 heteroatoms. The smallest absolute Gasteiger partial charge is 0.317 e. The largest absolute Gasteiger partial charge is 0.480 e. The Hall–Kier alpha value is -1.39. The second kappa shape index (κ2) is 6.58. The molecule has 0 spiro atoms. The normalized spacial score (nSPS) is 22.8. The van der Waals surface area contributed by atoms with Gasteiger partial charge in [-0.3, -0.25) is 14.6 Å². The van der Waals surface area contributed by atoms with Crippen LogP contribution in [0.25, 0.3) is 0 Å². The van der Waals surface area contributed by atoms with Crippen LogP contribution in [0.2, 0.25) is 0 Å². The minimum absolute atomic E-state index is 0.195. The molecule has 0 bridgehead atoms. The molecular formula is C17H24N2O2. The molecule has 2 fully saturated rings. The second-order valence-corrected chi connectivity index (χ2v) is 6.31. The first-order valence-electron chi connectivity index (χ1n) is 7.96. The van der Waals surface area contributed by atoms with Crippen LogP contribution in [-0.2, 0) is 11.3 Å². The lowest BCUT2D eigenvalue weighted by molar-refractivity contribution is -0.138. The van der Waals surface area contributed by atoms with Crippen molar-refractivity contribution >= 4 is 5.97 Å². The minimum Gasteiger partial charge on any atom is -0.480 e. The molecular weight excluding hydrogens is 264 g/mol. The first kappa shape index (κ1) is 14.5. The van der Waals surface area contributed by atoms with Gasteiger partial charge in [0.15, 0.2) is 0 Å². The van der Waals surface area contributed by atoms with Crippen LogP contribution in [0.5, 0.6) is 0 Å². The zero-order valence-corrected chi connectivity index (χ0v) is 12.4. The topological polar surface area (TPSA) is 43.8 Å². The molecule has 1 aromatic carbocycles. The van der Waals surface area contributed by atoms with Gasteiger partial charge in [-0.15, -0.1) is 0 Å². The van der Waals surface area contributed by atoms with Gasteiger partial charge in [-0.05, 0) is 37.8 Å². The summed E-state index contributed by atoms with van der Waals surface area (Å²) in [6.45, 7) is 3.21. The number of nitrogens with zero attached hydrogens (tertiary/aromatic N) is 2. The van der Waals surface area contributed by atoms with Crippen LogP contribution in [0.1, 0.15) is 31.2 Å². The highest BCUT2D eigenvalue weighted by atomic mass is 16.4. The van der Waals surface area contributed by atoms with Crippen molar-refractivity contribution in [3.63, 3.8) is 0 Å². The number of carboxylic acids is 1. The minimum atomic E-state index is -0.700. The maximum Gasteiger partial charge on any atom is 0.317 e. The van der Waals surface area contributed by atoms with Gasteiger partial charge in [0, 0.05) is 25.2 Å². The Kier molecular flexibility index (Phi) is 4.56. The fraction of sp³-hybridized carbons (Fsp3) is 0.588. The fourth-order valence-corrected chi connectivity index (χ4v) is 3.35. The molecule has 1 aromatic rings. The summed E-state index contributed by atoms with van der Waals surface area (Å²) < 4.78 is 0. The molecule has 4 nitrogen and oxygen atoms in total.